The monoisotopic (exact) mass is 438 g/mol. The molecule has 0 spiro atoms. The zero-order chi connectivity index (χ0) is 22.9. The van der Waals surface area contributed by atoms with E-state index in [1.165, 1.54) is 67.7 Å². The van der Waals surface area contributed by atoms with Crippen molar-refractivity contribution >= 4 is 10.8 Å². The lowest BCUT2D eigenvalue weighted by Gasteiger charge is -2.26. The van der Waals surface area contributed by atoms with Gasteiger partial charge >= 0.3 is 0 Å². The molecule has 4 rings (SSSR count). The zero-order valence-electron chi connectivity index (χ0n) is 20.4. The van der Waals surface area contributed by atoms with E-state index in [0.29, 0.717) is 0 Å². The highest BCUT2D eigenvalue weighted by Gasteiger charge is 2.19. The maximum absolute atomic E-state index is 5.96. The Kier molecular flexibility index (Phi) is 8.48. The van der Waals surface area contributed by atoms with Crippen molar-refractivity contribution in [2.45, 2.75) is 77.6 Å². The number of rotatable bonds is 8. The second kappa shape index (κ2) is 11.9. The molecule has 1 heteroatoms. The van der Waals surface area contributed by atoms with Crippen LogP contribution in [0.15, 0.2) is 60.7 Å². The summed E-state index contributed by atoms with van der Waals surface area (Å²) in [6, 6.07) is 21.8. The van der Waals surface area contributed by atoms with E-state index < -0.39 is 0 Å². The molecular formula is C32H38O. The molecule has 3 aromatic rings. The molecular weight excluding hydrogens is 400 g/mol. The Balaban J connectivity index is 1.34. The Bertz CT molecular complexity index is 1070. The normalized spacial score (nSPS) is 18.0. The molecule has 1 fully saturated rings. The molecule has 1 nitrogen and oxygen atoms in total. The van der Waals surface area contributed by atoms with Gasteiger partial charge in [-0.2, -0.15) is 0 Å². The largest absolute Gasteiger partial charge is 0.494 e. The molecule has 0 atom stereocenters. The predicted molar refractivity (Wildman–Crippen MR) is 141 cm³/mol. The van der Waals surface area contributed by atoms with Crippen LogP contribution in [-0.2, 0) is 0 Å². The molecule has 0 saturated heterocycles. The van der Waals surface area contributed by atoms with Crippen molar-refractivity contribution in [1.29, 1.82) is 0 Å². The van der Waals surface area contributed by atoms with Crippen LogP contribution in [0, 0.1) is 17.8 Å². The van der Waals surface area contributed by atoms with Crippen molar-refractivity contribution in [3.05, 3.63) is 77.4 Å². The maximum Gasteiger partial charge on any atom is 0.119 e. The van der Waals surface area contributed by atoms with Gasteiger partial charge in [-0.25, -0.2) is 0 Å². The minimum atomic E-state index is 0.735. The summed E-state index contributed by atoms with van der Waals surface area (Å²) < 4.78 is 5.96. The number of unbranched alkanes of at least 4 members (excludes halogenated alkanes) is 4. The Morgan fingerprint density at radius 3 is 2.18 bits per heavy atom. The second-order valence-corrected chi connectivity index (χ2v) is 9.82. The first-order valence-corrected chi connectivity index (χ1v) is 13.0. The quantitative estimate of drug-likeness (QED) is 0.252. The molecule has 33 heavy (non-hydrogen) atoms. The molecule has 0 amide bonds. The Morgan fingerprint density at radius 1 is 0.727 bits per heavy atom. The van der Waals surface area contributed by atoms with Crippen molar-refractivity contribution in [1.82, 2.24) is 0 Å². The summed E-state index contributed by atoms with van der Waals surface area (Å²) in [6.07, 6.45) is 11.7. The van der Waals surface area contributed by atoms with Gasteiger partial charge in [0.2, 0.25) is 0 Å². The van der Waals surface area contributed by atoms with E-state index in [9.17, 15) is 0 Å². The van der Waals surface area contributed by atoms with Crippen molar-refractivity contribution in [2.24, 2.45) is 5.92 Å². The number of fused-ring (bicyclic) bond motifs is 1. The summed E-state index contributed by atoms with van der Waals surface area (Å²) in [7, 11) is 0. The Hall–Kier alpha value is -2.72. The highest BCUT2D eigenvalue weighted by atomic mass is 16.5. The minimum Gasteiger partial charge on any atom is -0.494 e. The number of benzene rings is 3. The molecule has 0 aromatic heterocycles. The van der Waals surface area contributed by atoms with Gasteiger partial charge in [0, 0.05) is 11.1 Å². The molecule has 0 radical (unpaired) electrons. The second-order valence-electron chi connectivity index (χ2n) is 9.82. The fourth-order valence-electron chi connectivity index (χ4n) is 4.86. The van der Waals surface area contributed by atoms with Crippen LogP contribution in [0.4, 0.5) is 0 Å². The van der Waals surface area contributed by atoms with E-state index in [1.54, 1.807) is 0 Å². The molecule has 0 unspecified atom stereocenters. The van der Waals surface area contributed by atoms with Crippen LogP contribution in [-0.4, -0.2) is 6.61 Å². The van der Waals surface area contributed by atoms with Crippen molar-refractivity contribution in [2.75, 3.05) is 6.61 Å². The first-order chi connectivity index (χ1) is 16.2. The summed E-state index contributed by atoms with van der Waals surface area (Å²) >= 11 is 0. The van der Waals surface area contributed by atoms with Crippen LogP contribution < -0.4 is 4.74 Å². The molecule has 172 valence electrons. The fraction of sp³-hybridized carbons (Fsp3) is 0.438. The summed E-state index contributed by atoms with van der Waals surface area (Å²) in [5.41, 5.74) is 3.63. The van der Waals surface area contributed by atoms with E-state index in [4.69, 9.17) is 4.74 Å². The van der Waals surface area contributed by atoms with Gasteiger partial charge < -0.3 is 4.74 Å². The van der Waals surface area contributed by atoms with E-state index in [0.717, 1.165) is 41.7 Å². The third kappa shape index (κ3) is 6.88. The molecule has 0 heterocycles. The van der Waals surface area contributed by atoms with Gasteiger partial charge in [0.25, 0.3) is 0 Å². The average molecular weight is 439 g/mol. The van der Waals surface area contributed by atoms with E-state index >= 15 is 0 Å². The SMILES string of the molecule is CCCCCCCOc1ccc2cc(C#Cc3ccc(C4CCC(C)CC4)cc3)ccc2c1. The molecule has 1 aliphatic carbocycles. The van der Waals surface area contributed by atoms with E-state index in [1.807, 2.05) is 0 Å². The Labute approximate surface area is 200 Å². The molecule has 3 aromatic carbocycles. The lowest BCUT2D eigenvalue weighted by molar-refractivity contribution is 0.305. The maximum atomic E-state index is 5.96. The van der Waals surface area contributed by atoms with Gasteiger partial charge in [0.05, 0.1) is 6.61 Å². The highest BCUT2D eigenvalue weighted by Crippen LogP contribution is 2.35. The van der Waals surface area contributed by atoms with Crippen molar-refractivity contribution in [3.63, 3.8) is 0 Å². The minimum absolute atomic E-state index is 0.735. The summed E-state index contributed by atoms with van der Waals surface area (Å²) in [4.78, 5) is 0. The Morgan fingerprint density at radius 2 is 1.39 bits per heavy atom. The molecule has 0 aliphatic heterocycles. The standard InChI is InChI=1S/C32H38O/c1-3-4-5-6-7-22-33-32-21-20-30-23-27(14-19-31(30)24-32)11-10-26-12-17-29(18-13-26)28-15-8-25(2)9-16-28/h12-14,17-21,23-25,28H,3-9,15-16,22H2,1-2H3. The van der Waals surface area contributed by atoms with Gasteiger partial charge in [0.1, 0.15) is 5.75 Å². The van der Waals surface area contributed by atoms with Gasteiger partial charge in [-0.15, -0.1) is 0 Å². The van der Waals surface area contributed by atoms with Crippen LogP contribution in [0.1, 0.15) is 94.2 Å². The first kappa shape index (κ1) is 23.4. The van der Waals surface area contributed by atoms with Crippen LogP contribution in [0.2, 0.25) is 0 Å². The molecule has 0 N–H and O–H groups in total. The van der Waals surface area contributed by atoms with Crippen molar-refractivity contribution < 1.29 is 4.74 Å². The van der Waals surface area contributed by atoms with Crippen molar-refractivity contribution in [3.8, 4) is 17.6 Å². The highest BCUT2D eigenvalue weighted by molar-refractivity contribution is 5.85. The summed E-state index contributed by atoms with van der Waals surface area (Å²) in [6.45, 7) is 5.43. The number of hydrogen-bond donors (Lipinski definition) is 0. The van der Waals surface area contributed by atoms with E-state index in [2.05, 4.69) is 86.4 Å². The van der Waals surface area contributed by atoms with E-state index in [-0.39, 0.29) is 0 Å². The smallest absolute Gasteiger partial charge is 0.119 e. The first-order valence-electron chi connectivity index (χ1n) is 13.0. The third-order valence-corrected chi connectivity index (χ3v) is 7.08. The number of hydrogen-bond acceptors (Lipinski definition) is 1. The van der Waals surface area contributed by atoms with Crippen LogP contribution in [0.5, 0.6) is 5.75 Å². The third-order valence-electron chi connectivity index (χ3n) is 7.08. The topological polar surface area (TPSA) is 9.23 Å². The molecule has 1 saturated carbocycles. The fourth-order valence-corrected chi connectivity index (χ4v) is 4.86. The van der Waals surface area contributed by atoms with Gasteiger partial charge in [0.15, 0.2) is 0 Å². The zero-order valence-corrected chi connectivity index (χ0v) is 20.4. The lowest BCUT2D eigenvalue weighted by Crippen LogP contribution is -2.10. The van der Waals surface area contributed by atoms with Gasteiger partial charge in [-0.1, -0.05) is 88.5 Å². The lowest BCUT2D eigenvalue weighted by atomic mass is 9.79. The molecule has 0 bridgehead atoms. The summed E-state index contributed by atoms with van der Waals surface area (Å²) in [5, 5.41) is 2.41. The number of ether oxygens (including phenoxy) is 1. The molecule has 1 aliphatic rings. The van der Waals surface area contributed by atoms with Crippen LogP contribution >= 0.6 is 0 Å². The van der Waals surface area contributed by atoms with Crippen LogP contribution in [0.3, 0.4) is 0 Å². The van der Waals surface area contributed by atoms with Gasteiger partial charge in [-0.3, -0.25) is 0 Å². The predicted octanol–water partition coefficient (Wildman–Crippen LogP) is 8.88. The summed E-state index contributed by atoms with van der Waals surface area (Å²) in [5.74, 6) is 9.29. The van der Waals surface area contributed by atoms with Crippen LogP contribution in [0.25, 0.3) is 10.8 Å². The average Bonchev–Trinajstić information content (AvgIpc) is 2.85. The van der Waals surface area contributed by atoms with Gasteiger partial charge in [-0.05, 0) is 83.8 Å².